The van der Waals surface area contributed by atoms with E-state index in [-0.39, 0.29) is 0 Å². The molecule has 21 heavy (non-hydrogen) atoms. The van der Waals surface area contributed by atoms with Crippen LogP contribution in [0.15, 0.2) is 48.5 Å². The quantitative estimate of drug-likeness (QED) is 0.835. The Morgan fingerprint density at radius 1 is 1.05 bits per heavy atom. The SMILES string of the molecule is CCOc1ccc(C(C)NC)cc1COc1ccccc1. The number of ether oxygens (including phenoxy) is 2. The third-order valence-corrected chi connectivity index (χ3v) is 3.45. The number of rotatable bonds is 7. The zero-order valence-electron chi connectivity index (χ0n) is 12.9. The number of para-hydroxylation sites is 1. The largest absolute Gasteiger partial charge is 0.493 e. The van der Waals surface area contributed by atoms with Crippen molar-refractivity contribution in [2.24, 2.45) is 0 Å². The van der Waals surface area contributed by atoms with Crippen molar-refractivity contribution in [1.82, 2.24) is 5.32 Å². The summed E-state index contributed by atoms with van der Waals surface area (Å²) in [6, 6.07) is 16.4. The first kappa shape index (κ1) is 15.4. The highest BCUT2D eigenvalue weighted by atomic mass is 16.5. The molecule has 0 saturated heterocycles. The van der Waals surface area contributed by atoms with Crippen LogP contribution < -0.4 is 14.8 Å². The summed E-state index contributed by atoms with van der Waals surface area (Å²) in [6.07, 6.45) is 0. The molecular weight excluding hydrogens is 262 g/mol. The Morgan fingerprint density at radius 3 is 2.48 bits per heavy atom. The molecule has 1 unspecified atom stereocenters. The van der Waals surface area contributed by atoms with Crippen molar-refractivity contribution < 1.29 is 9.47 Å². The smallest absolute Gasteiger partial charge is 0.125 e. The molecule has 2 aromatic carbocycles. The summed E-state index contributed by atoms with van der Waals surface area (Å²) in [4.78, 5) is 0. The van der Waals surface area contributed by atoms with Crippen molar-refractivity contribution >= 4 is 0 Å². The summed E-state index contributed by atoms with van der Waals surface area (Å²) in [5, 5.41) is 3.25. The van der Waals surface area contributed by atoms with Gasteiger partial charge in [0.1, 0.15) is 18.1 Å². The fourth-order valence-corrected chi connectivity index (χ4v) is 2.12. The lowest BCUT2D eigenvalue weighted by atomic mass is 10.0. The van der Waals surface area contributed by atoms with Gasteiger partial charge in [-0.3, -0.25) is 0 Å². The van der Waals surface area contributed by atoms with E-state index in [0.29, 0.717) is 19.3 Å². The molecule has 0 aliphatic rings. The summed E-state index contributed by atoms with van der Waals surface area (Å²) in [6.45, 7) is 5.28. The molecular formula is C18H23NO2. The monoisotopic (exact) mass is 285 g/mol. The van der Waals surface area contributed by atoms with E-state index in [4.69, 9.17) is 9.47 Å². The van der Waals surface area contributed by atoms with Crippen molar-refractivity contribution in [2.75, 3.05) is 13.7 Å². The molecule has 0 aliphatic carbocycles. The fourth-order valence-electron chi connectivity index (χ4n) is 2.12. The molecule has 0 saturated carbocycles. The van der Waals surface area contributed by atoms with E-state index in [1.807, 2.05) is 50.4 Å². The summed E-state index contributed by atoms with van der Waals surface area (Å²) >= 11 is 0. The molecule has 0 radical (unpaired) electrons. The number of nitrogens with one attached hydrogen (secondary N) is 1. The van der Waals surface area contributed by atoms with Gasteiger partial charge in [0, 0.05) is 11.6 Å². The van der Waals surface area contributed by atoms with E-state index < -0.39 is 0 Å². The predicted molar refractivity (Wildman–Crippen MR) is 85.9 cm³/mol. The average Bonchev–Trinajstić information content (AvgIpc) is 2.54. The Hall–Kier alpha value is -2.00. The minimum atomic E-state index is 0.302. The van der Waals surface area contributed by atoms with Crippen LogP contribution in [0.3, 0.4) is 0 Å². The normalized spacial score (nSPS) is 12.0. The second kappa shape index (κ2) is 7.70. The highest BCUT2D eigenvalue weighted by Gasteiger charge is 2.09. The molecule has 0 bridgehead atoms. The summed E-state index contributed by atoms with van der Waals surface area (Å²) in [7, 11) is 1.96. The van der Waals surface area contributed by atoms with Crippen molar-refractivity contribution in [2.45, 2.75) is 26.5 Å². The van der Waals surface area contributed by atoms with Crippen molar-refractivity contribution in [3.63, 3.8) is 0 Å². The molecule has 2 rings (SSSR count). The molecule has 0 fully saturated rings. The first-order valence-electron chi connectivity index (χ1n) is 7.35. The van der Waals surface area contributed by atoms with Gasteiger partial charge in [-0.15, -0.1) is 0 Å². The first-order valence-corrected chi connectivity index (χ1v) is 7.35. The van der Waals surface area contributed by atoms with Gasteiger partial charge in [0.25, 0.3) is 0 Å². The second-order valence-corrected chi connectivity index (χ2v) is 4.91. The van der Waals surface area contributed by atoms with E-state index in [0.717, 1.165) is 17.1 Å². The van der Waals surface area contributed by atoms with Crippen molar-refractivity contribution in [3.8, 4) is 11.5 Å². The lowest BCUT2D eigenvalue weighted by molar-refractivity contribution is 0.286. The Kier molecular flexibility index (Phi) is 5.64. The molecule has 112 valence electrons. The van der Waals surface area contributed by atoms with Crippen molar-refractivity contribution in [3.05, 3.63) is 59.7 Å². The topological polar surface area (TPSA) is 30.5 Å². The van der Waals surface area contributed by atoms with Gasteiger partial charge in [-0.25, -0.2) is 0 Å². The van der Waals surface area contributed by atoms with Gasteiger partial charge in [-0.2, -0.15) is 0 Å². The second-order valence-electron chi connectivity index (χ2n) is 4.91. The average molecular weight is 285 g/mol. The highest BCUT2D eigenvalue weighted by molar-refractivity contribution is 5.38. The van der Waals surface area contributed by atoms with Gasteiger partial charge in [-0.05, 0) is 50.7 Å². The zero-order valence-corrected chi connectivity index (χ0v) is 12.9. The maximum absolute atomic E-state index is 5.85. The standard InChI is InChI=1S/C18H23NO2/c1-4-20-18-11-10-15(14(2)19-3)12-16(18)13-21-17-8-6-5-7-9-17/h5-12,14,19H,4,13H2,1-3H3. The number of hydrogen-bond donors (Lipinski definition) is 1. The Labute approximate surface area is 126 Å². The molecule has 0 amide bonds. The Balaban J connectivity index is 2.17. The molecule has 3 heteroatoms. The maximum Gasteiger partial charge on any atom is 0.125 e. The van der Waals surface area contributed by atoms with Gasteiger partial charge in [0.15, 0.2) is 0 Å². The van der Waals surface area contributed by atoms with Crippen LogP contribution in [-0.2, 0) is 6.61 Å². The number of benzene rings is 2. The van der Waals surface area contributed by atoms with Gasteiger partial charge < -0.3 is 14.8 Å². The molecule has 0 aromatic heterocycles. The molecule has 0 spiro atoms. The van der Waals surface area contributed by atoms with E-state index >= 15 is 0 Å². The molecule has 0 heterocycles. The van der Waals surface area contributed by atoms with E-state index in [9.17, 15) is 0 Å². The minimum absolute atomic E-state index is 0.302. The summed E-state index contributed by atoms with van der Waals surface area (Å²) < 4.78 is 11.5. The summed E-state index contributed by atoms with van der Waals surface area (Å²) in [5.74, 6) is 1.76. The lowest BCUT2D eigenvalue weighted by Crippen LogP contribution is -2.13. The van der Waals surface area contributed by atoms with Gasteiger partial charge >= 0.3 is 0 Å². The molecule has 2 aromatic rings. The molecule has 1 N–H and O–H groups in total. The zero-order chi connectivity index (χ0) is 15.1. The molecule has 3 nitrogen and oxygen atoms in total. The minimum Gasteiger partial charge on any atom is -0.493 e. The summed E-state index contributed by atoms with van der Waals surface area (Å²) in [5.41, 5.74) is 2.30. The van der Waals surface area contributed by atoms with Crippen LogP contribution in [0.25, 0.3) is 0 Å². The van der Waals surface area contributed by atoms with Gasteiger partial charge in [0.2, 0.25) is 0 Å². The fraction of sp³-hybridized carbons (Fsp3) is 0.333. The van der Waals surface area contributed by atoms with Gasteiger partial charge in [0.05, 0.1) is 6.61 Å². The van der Waals surface area contributed by atoms with Crippen LogP contribution in [0.4, 0.5) is 0 Å². The predicted octanol–water partition coefficient (Wildman–Crippen LogP) is 3.94. The molecule has 0 aliphatic heterocycles. The third kappa shape index (κ3) is 4.23. The molecule has 1 atom stereocenters. The first-order chi connectivity index (χ1) is 10.2. The van der Waals surface area contributed by atoms with Crippen LogP contribution in [0, 0.1) is 0 Å². The Bertz CT molecular complexity index is 554. The third-order valence-electron chi connectivity index (χ3n) is 3.45. The highest BCUT2D eigenvalue weighted by Crippen LogP contribution is 2.25. The number of hydrogen-bond acceptors (Lipinski definition) is 3. The maximum atomic E-state index is 5.85. The van der Waals surface area contributed by atoms with Crippen molar-refractivity contribution in [1.29, 1.82) is 0 Å². The van der Waals surface area contributed by atoms with E-state index in [1.165, 1.54) is 5.56 Å². The van der Waals surface area contributed by atoms with Crippen LogP contribution in [0.1, 0.15) is 31.0 Å². The van der Waals surface area contributed by atoms with E-state index in [1.54, 1.807) is 0 Å². The van der Waals surface area contributed by atoms with Crippen LogP contribution in [0.2, 0.25) is 0 Å². The van der Waals surface area contributed by atoms with Crippen LogP contribution >= 0.6 is 0 Å². The van der Waals surface area contributed by atoms with E-state index in [2.05, 4.69) is 24.4 Å². The van der Waals surface area contributed by atoms with Crippen LogP contribution in [0.5, 0.6) is 11.5 Å². The lowest BCUT2D eigenvalue weighted by Gasteiger charge is -2.16. The van der Waals surface area contributed by atoms with Gasteiger partial charge in [-0.1, -0.05) is 24.3 Å². The Morgan fingerprint density at radius 2 is 1.81 bits per heavy atom. The van der Waals surface area contributed by atoms with Crippen LogP contribution in [-0.4, -0.2) is 13.7 Å².